The van der Waals surface area contributed by atoms with Crippen LogP contribution in [-0.2, 0) is 9.47 Å². The summed E-state index contributed by atoms with van der Waals surface area (Å²) in [4.78, 5) is 0. The first-order valence-corrected chi connectivity index (χ1v) is 9.29. The molecule has 0 radical (unpaired) electrons. The molecule has 70 valence electrons. The quantitative estimate of drug-likeness (QED) is 0.437. The molecule has 0 N–H and O–H groups in total. The van der Waals surface area contributed by atoms with Gasteiger partial charge in [0.2, 0.25) is 0 Å². The zero-order chi connectivity index (χ0) is 9.36. The molecule has 0 bridgehead atoms. The number of ether oxygens (including phenoxy) is 2. The molecule has 1 fully saturated rings. The predicted octanol–water partition coefficient (Wildman–Crippen LogP) is 1.89. The highest BCUT2D eigenvalue weighted by atomic mass is 79.9. The maximum Gasteiger partial charge on any atom is 0.569 e. The molecule has 0 saturated carbocycles. The molecule has 0 aromatic rings. The van der Waals surface area contributed by atoms with Crippen molar-refractivity contribution in [3.8, 4) is 9.97 Å². The predicted molar refractivity (Wildman–Crippen MR) is 56.6 cm³/mol. The molecule has 1 aliphatic heterocycles. The summed E-state index contributed by atoms with van der Waals surface area (Å²) in [5.74, 6) is 3.06. The van der Waals surface area contributed by atoms with Crippen LogP contribution in [0.2, 0.25) is 0 Å². The normalized spacial score (nSPS) is 21.5. The van der Waals surface area contributed by atoms with E-state index >= 15 is 0 Å². The lowest BCUT2D eigenvalue weighted by atomic mass is 10.2. The highest BCUT2D eigenvalue weighted by Gasteiger charge is 2.12. The Hall–Kier alpha value is 0.726. The summed E-state index contributed by atoms with van der Waals surface area (Å²) in [7, 11) is 0. The van der Waals surface area contributed by atoms with Crippen molar-refractivity contribution in [3.63, 3.8) is 0 Å². The molecule has 0 aromatic heterocycles. The van der Waals surface area contributed by atoms with E-state index in [0.29, 0.717) is 6.61 Å². The highest BCUT2D eigenvalue weighted by molar-refractivity contribution is 9.23. The average molecular weight is 257 g/mol. The van der Waals surface area contributed by atoms with E-state index in [1.54, 1.807) is 0 Å². The third kappa shape index (κ3) is 5.92. The molecular weight excluding hydrogens is 244 g/mol. The molecule has 4 heteroatoms. The number of rotatable bonds is 3. The Balaban J connectivity index is 1.98. The first kappa shape index (κ1) is 11.8. The van der Waals surface area contributed by atoms with Gasteiger partial charge in [0.15, 0.2) is 6.29 Å². The van der Waals surface area contributed by atoms with Crippen LogP contribution >= 0.6 is 12.9 Å². The number of hydrogen-bond donors (Lipinski definition) is 0. The SMILES string of the molecule is [Br][Mg][C]#CCCOC1CCCCO1. The number of hydrogen-bond acceptors (Lipinski definition) is 2. The van der Waals surface area contributed by atoms with Crippen LogP contribution in [0.4, 0.5) is 0 Å². The zero-order valence-electron chi connectivity index (χ0n) is 7.72. The lowest BCUT2D eigenvalue weighted by Crippen LogP contribution is -2.22. The van der Waals surface area contributed by atoms with Crippen molar-refractivity contribution in [3.05, 3.63) is 0 Å². The van der Waals surface area contributed by atoms with Gasteiger partial charge in [0.1, 0.15) is 0 Å². The van der Waals surface area contributed by atoms with E-state index < -0.39 is 0 Å². The molecule has 0 spiro atoms. The molecular formula is C9H13BrMgO2. The van der Waals surface area contributed by atoms with E-state index in [4.69, 9.17) is 9.47 Å². The van der Waals surface area contributed by atoms with Gasteiger partial charge in [-0.05, 0) is 19.3 Å². The van der Waals surface area contributed by atoms with Crippen molar-refractivity contribution in [2.75, 3.05) is 13.2 Å². The van der Waals surface area contributed by atoms with Crippen molar-refractivity contribution in [1.29, 1.82) is 0 Å². The van der Waals surface area contributed by atoms with Crippen LogP contribution in [0.5, 0.6) is 0 Å². The fourth-order valence-corrected chi connectivity index (χ4v) is 2.09. The van der Waals surface area contributed by atoms with Crippen LogP contribution in [0.3, 0.4) is 0 Å². The van der Waals surface area contributed by atoms with Gasteiger partial charge in [-0.1, -0.05) is 0 Å². The minimum Gasteiger partial charge on any atom is -0.353 e. The van der Waals surface area contributed by atoms with Gasteiger partial charge < -0.3 is 9.47 Å². The van der Waals surface area contributed by atoms with Crippen molar-refractivity contribution in [2.45, 2.75) is 32.0 Å². The minimum absolute atomic E-state index is 0.0387. The Morgan fingerprint density at radius 2 is 2.46 bits per heavy atom. The van der Waals surface area contributed by atoms with Gasteiger partial charge in [-0.15, -0.1) is 5.92 Å². The Bertz CT molecular complexity index is 182. The molecule has 13 heavy (non-hydrogen) atoms. The second-order valence-corrected chi connectivity index (χ2v) is 5.21. The molecule has 1 atom stereocenters. The van der Waals surface area contributed by atoms with Crippen LogP contribution in [0.1, 0.15) is 25.7 Å². The molecule has 1 heterocycles. The Morgan fingerprint density at radius 1 is 1.54 bits per heavy atom. The van der Waals surface area contributed by atoms with E-state index in [1.807, 2.05) is 0 Å². The Morgan fingerprint density at radius 3 is 3.15 bits per heavy atom. The van der Waals surface area contributed by atoms with Gasteiger partial charge in [-0.3, -0.25) is 16.9 Å². The molecule has 1 rings (SSSR count). The highest BCUT2D eigenvalue weighted by Crippen LogP contribution is 2.13. The standard InChI is InChI=1S/C9H13O2.BrH.Mg/c1-2-3-7-10-9-6-4-5-8-11-9;;/h9H,3-8H2;1H;/q;;+1/p-1. The first-order chi connectivity index (χ1) is 6.43. The van der Waals surface area contributed by atoms with E-state index in [0.717, 1.165) is 19.4 Å². The smallest absolute Gasteiger partial charge is 0.353 e. The second kappa shape index (κ2) is 8.07. The summed E-state index contributed by atoms with van der Waals surface area (Å²) < 4.78 is 14.0. The van der Waals surface area contributed by atoms with Crippen molar-refractivity contribution >= 4 is 31.1 Å². The molecule has 1 saturated heterocycles. The Labute approximate surface area is 95.3 Å². The summed E-state index contributed by atoms with van der Waals surface area (Å²) >= 11 is 3.11. The average Bonchev–Trinajstić information content (AvgIpc) is 2.19. The van der Waals surface area contributed by atoms with Gasteiger partial charge in [-0.2, -0.15) is 0 Å². The summed E-state index contributed by atoms with van der Waals surface area (Å²) in [5.41, 5.74) is 0. The second-order valence-electron chi connectivity index (χ2n) is 2.90. The molecule has 0 aromatic carbocycles. The first-order valence-electron chi connectivity index (χ1n) is 4.68. The van der Waals surface area contributed by atoms with Crippen LogP contribution in [0.25, 0.3) is 0 Å². The molecule has 1 unspecified atom stereocenters. The molecule has 0 aliphatic carbocycles. The van der Waals surface area contributed by atoms with E-state index in [1.165, 1.54) is 12.8 Å². The minimum atomic E-state index is -0.272. The van der Waals surface area contributed by atoms with E-state index in [9.17, 15) is 0 Å². The molecule has 1 aliphatic rings. The summed E-state index contributed by atoms with van der Waals surface area (Å²) in [6.07, 6.45) is 4.32. The number of halogens is 1. The lowest BCUT2D eigenvalue weighted by molar-refractivity contribution is -0.161. The van der Waals surface area contributed by atoms with Gasteiger partial charge in [0.25, 0.3) is 0 Å². The van der Waals surface area contributed by atoms with Crippen LogP contribution in [0.15, 0.2) is 0 Å². The van der Waals surface area contributed by atoms with Crippen molar-refractivity contribution in [1.82, 2.24) is 0 Å². The van der Waals surface area contributed by atoms with Crippen LogP contribution in [0, 0.1) is 9.97 Å². The van der Waals surface area contributed by atoms with E-state index in [2.05, 4.69) is 22.9 Å². The molecule has 2 nitrogen and oxygen atoms in total. The fourth-order valence-electron chi connectivity index (χ4n) is 1.22. The van der Waals surface area contributed by atoms with Gasteiger partial charge in [0.05, 0.1) is 6.61 Å². The van der Waals surface area contributed by atoms with Gasteiger partial charge in [-0.25, -0.2) is 0 Å². The van der Waals surface area contributed by atoms with Crippen molar-refractivity contribution in [2.24, 2.45) is 0 Å². The zero-order valence-corrected chi connectivity index (χ0v) is 10.7. The fraction of sp³-hybridized carbons (Fsp3) is 0.778. The third-order valence-electron chi connectivity index (χ3n) is 1.86. The maximum atomic E-state index is 5.50. The maximum absolute atomic E-state index is 5.50. The van der Waals surface area contributed by atoms with Gasteiger partial charge >= 0.3 is 18.2 Å². The monoisotopic (exact) mass is 256 g/mol. The summed E-state index contributed by atoms with van der Waals surface area (Å²) in [6.45, 7) is 1.56. The summed E-state index contributed by atoms with van der Waals surface area (Å²) in [6, 6.07) is 0. The largest absolute Gasteiger partial charge is 0.569 e. The topological polar surface area (TPSA) is 18.5 Å². The summed E-state index contributed by atoms with van der Waals surface area (Å²) in [5, 5.41) is 0. The van der Waals surface area contributed by atoms with E-state index in [-0.39, 0.29) is 24.5 Å². The molecule has 0 amide bonds. The lowest BCUT2D eigenvalue weighted by Gasteiger charge is -2.22. The van der Waals surface area contributed by atoms with Crippen molar-refractivity contribution < 1.29 is 9.47 Å². The third-order valence-corrected chi connectivity index (χ3v) is 3.09. The van der Waals surface area contributed by atoms with Gasteiger partial charge in [0, 0.05) is 13.0 Å². The Kier molecular flexibility index (Phi) is 7.32. The van der Waals surface area contributed by atoms with Crippen LogP contribution < -0.4 is 0 Å². The van der Waals surface area contributed by atoms with Crippen LogP contribution in [-0.4, -0.2) is 37.7 Å².